The Bertz CT molecular complexity index is 573. The molecule has 8 heteroatoms. The number of sulfonamides is 1. The van der Waals surface area contributed by atoms with Crippen LogP contribution in [0, 0.1) is 11.6 Å². The van der Waals surface area contributed by atoms with Crippen molar-refractivity contribution < 1.29 is 22.0 Å². The van der Waals surface area contributed by atoms with Crippen molar-refractivity contribution in [2.45, 2.75) is 18.2 Å². The van der Waals surface area contributed by atoms with Crippen LogP contribution in [-0.4, -0.2) is 20.9 Å². The number of hydrogen-bond donors (Lipinski definition) is 2. The summed E-state index contributed by atoms with van der Waals surface area (Å²) in [6.45, 7) is 2.04. The molecular weight excluding hydrogens is 266 g/mol. The molecule has 18 heavy (non-hydrogen) atoms. The van der Waals surface area contributed by atoms with E-state index in [-0.39, 0.29) is 6.54 Å². The van der Waals surface area contributed by atoms with Gasteiger partial charge in [0, 0.05) is 6.54 Å². The zero-order chi connectivity index (χ0) is 13.9. The summed E-state index contributed by atoms with van der Waals surface area (Å²) in [5.41, 5.74) is -0.688. The minimum absolute atomic E-state index is 0.263. The molecule has 1 rings (SSSR count). The van der Waals surface area contributed by atoms with E-state index in [0.29, 0.717) is 18.6 Å². The Labute approximate surface area is 103 Å². The third kappa shape index (κ3) is 3.23. The van der Waals surface area contributed by atoms with Gasteiger partial charge in [-0.05, 0) is 18.6 Å². The van der Waals surface area contributed by atoms with E-state index in [1.54, 1.807) is 6.92 Å². The minimum Gasteiger partial charge on any atom is -0.352 e. The van der Waals surface area contributed by atoms with Gasteiger partial charge in [-0.1, -0.05) is 6.92 Å². The summed E-state index contributed by atoms with van der Waals surface area (Å²) >= 11 is 0. The summed E-state index contributed by atoms with van der Waals surface area (Å²) in [5, 5.41) is 7.11. The molecule has 0 fully saturated rings. The van der Waals surface area contributed by atoms with Crippen LogP contribution >= 0.6 is 0 Å². The lowest BCUT2D eigenvalue weighted by atomic mass is 10.2. The van der Waals surface area contributed by atoms with Gasteiger partial charge in [-0.15, -0.1) is 0 Å². The molecule has 3 N–H and O–H groups in total. The SMILES string of the molecule is CCCNC(=O)c1cc(S(N)(=O)=O)cc(F)c1F. The molecule has 1 amide bonds. The van der Waals surface area contributed by atoms with E-state index in [1.807, 2.05) is 0 Å². The van der Waals surface area contributed by atoms with Gasteiger partial charge in [-0.3, -0.25) is 4.79 Å². The first-order valence-electron chi connectivity index (χ1n) is 5.07. The van der Waals surface area contributed by atoms with Gasteiger partial charge in [0.1, 0.15) is 0 Å². The third-order valence-electron chi connectivity index (χ3n) is 2.11. The standard InChI is InChI=1S/C10H12F2N2O3S/c1-2-3-14-10(15)7-4-6(18(13,16)17)5-8(11)9(7)12/h4-5H,2-3H2,1H3,(H,14,15)(H2,13,16,17). The number of benzene rings is 1. The van der Waals surface area contributed by atoms with Crippen LogP contribution in [0.15, 0.2) is 17.0 Å². The topological polar surface area (TPSA) is 89.3 Å². The van der Waals surface area contributed by atoms with Crippen LogP contribution in [0.5, 0.6) is 0 Å². The van der Waals surface area contributed by atoms with Crippen molar-refractivity contribution in [1.82, 2.24) is 5.32 Å². The second-order valence-corrected chi connectivity index (χ2v) is 5.13. The maximum atomic E-state index is 13.4. The van der Waals surface area contributed by atoms with Crippen LogP contribution in [0.2, 0.25) is 0 Å². The second kappa shape index (κ2) is 5.40. The fraction of sp³-hybridized carbons (Fsp3) is 0.300. The molecule has 0 radical (unpaired) electrons. The predicted octanol–water partition coefficient (Wildman–Crippen LogP) is 0.752. The van der Waals surface area contributed by atoms with Gasteiger partial charge >= 0.3 is 0 Å². The van der Waals surface area contributed by atoms with E-state index in [2.05, 4.69) is 5.32 Å². The van der Waals surface area contributed by atoms with E-state index < -0.39 is 38.0 Å². The summed E-state index contributed by atoms with van der Waals surface area (Å²) in [5.74, 6) is -3.74. The average molecular weight is 278 g/mol. The quantitative estimate of drug-likeness (QED) is 0.851. The molecule has 0 aromatic heterocycles. The van der Waals surface area contributed by atoms with E-state index in [4.69, 9.17) is 5.14 Å². The number of hydrogen-bond acceptors (Lipinski definition) is 3. The molecule has 0 saturated carbocycles. The van der Waals surface area contributed by atoms with Gasteiger partial charge in [-0.2, -0.15) is 0 Å². The number of carbonyl (C=O) groups excluding carboxylic acids is 1. The molecule has 100 valence electrons. The highest BCUT2D eigenvalue weighted by molar-refractivity contribution is 7.89. The molecule has 5 nitrogen and oxygen atoms in total. The predicted molar refractivity (Wildman–Crippen MR) is 60.4 cm³/mol. The monoisotopic (exact) mass is 278 g/mol. The lowest BCUT2D eigenvalue weighted by molar-refractivity contribution is 0.0948. The van der Waals surface area contributed by atoms with Crippen LogP contribution in [0.1, 0.15) is 23.7 Å². The van der Waals surface area contributed by atoms with E-state index in [0.717, 1.165) is 0 Å². The van der Waals surface area contributed by atoms with Gasteiger partial charge in [0.15, 0.2) is 11.6 Å². The molecule has 0 saturated heterocycles. The van der Waals surface area contributed by atoms with Crippen molar-refractivity contribution in [2.75, 3.05) is 6.54 Å². The summed E-state index contributed by atoms with van der Waals surface area (Å²) in [6.07, 6.45) is 0.602. The molecule has 0 aliphatic heterocycles. The van der Waals surface area contributed by atoms with E-state index in [9.17, 15) is 22.0 Å². The molecule has 0 atom stereocenters. The maximum Gasteiger partial charge on any atom is 0.254 e. The molecule has 0 bridgehead atoms. The van der Waals surface area contributed by atoms with E-state index in [1.165, 1.54) is 0 Å². The maximum absolute atomic E-state index is 13.4. The van der Waals surface area contributed by atoms with Gasteiger partial charge in [0.05, 0.1) is 10.5 Å². The first kappa shape index (κ1) is 14.5. The average Bonchev–Trinajstić information content (AvgIpc) is 2.27. The number of primary sulfonamides is 1. The first-order chi connectivity index (χ1) is 8.27. The summed E-state index contributed by atoms with van der Waals surface area (Å²) in [7, 11) is -4.21. The zero-order valence-corrected chi connectivity index (χ0v) is 10.4. The summed E-state index contributed by atoms with van der Waals surface area (Å²) in [4.78, 5) is 10.9. The highest BCUT2D eigenvalue weighted by atomic mass is 32.2. The highest BCUT2D eigenvalue weighted by Gasteiger charge is 2.20. The van der Waals surface area contributed by atoms with Crippen molar-refractivity contribution >= 4 is 15.9 Å². The Morgan fingerprint density at radius 1 is 1.39 bits per heavy atom. The van der Waals surface area contributed by atoms with Crippen molar-refractivity contribution in [2.24, 2.45) is 5.14 Å². The first-order valence-corrected chi connectivity index (χ1v) is 6.62. The van der Waals surface area contributed by atoms with Crippen LogP contribution in [-0.2, 0) is 10.0 Å². The normalized spacial score (nSPS) is 11.3. The third-order valence-corrected chi connectivity index (χ3v) is 3.00. The largest absolute Gasteiger partial charge is 0.352 e. The Morgan fingerprint density at radius 2 is 2.00 bits per heavy atom. The Balaban J connectivity index is 3.27. The number of halogens is 2. The van der Waals surface area contributed by atoms with Crippen LogP contribution in [0.3, 0.4) is 0 Å². The fourth-order valence-electron chi connectivity index (χ4n) is 1.23. The number of carbonyl (C=O) groups is 1. The van der Waals surface area contributed by atoms with Crippen LogP contribution in [0.25, 0.3) is 0 Å². The van der Waals surface area contributed by atoms with Crippen LogP contribution < -0.4 is 10.5 Å². The Morgan fingerprint density at radius 3 is 2.50 bits per heavy atom. The lowest BCUT2D eigenvalue weighted by Gasteiger charge is -2.07. The van der Waals surface area contributed by atoms with Gasteiger partial charge in [0.2, 0.25) is 10.0 Å². The van der Waals surface area contributed by atoms with E-state index >= 15 is 0 Å². The highest BCUT2D eigenvalue weighted by Crippen LogP contribution is 2.17. The Kier molecular flexibility index (Phi) is 4.36. The van der Waals surface area contributed by atoms with Crippen molar-refractivity contribution in [1.29, 1.82) is 0 Å². The molecule has 0 aliphatic rings. The minimum atomic E-state index is -4.21. The molecule has 1 aromatic rings. The summed E-state index contributed by atoms with van der Waals surface area (Å²) in [6, 6.07) is 1.14. The van der Waals surface area contributed by atoms with Crippen molar-refractivity contribution in [3.8, 4) is 0 Å². The number of nitrogens with two attached hydrogens (primary N) is 1. The number of nitrogens with one attached hydrogen (secondary N) is 1. The molecule has 0 aliphatic carbocycles. The lowest BCUT2D eigenvalue weighted by Crippen LogP contribution is -2.26. The second-order valence-electron chi connectivity index (χ2n) is 3.57. The summed E-state index contributed by atoms with van der Waals surface area (Å²) < 4.78 is 48.6. The van der Waals surface area contributed by atoms with Gasteiger partial charge in [0.25, 0.3) is 5.91 Å². The smallest absolute Gasteiger partial charge is 0.254 e. The molecule has 1 aromatic carbocycles. The zero-order valence-electron chi connectivity index (χ0n) is 9.54. The fourth-order valence-corrected chi connectivity index (χ4v) is 1.78. The molecule has 0 heterocycles. The number of rotatable bonds is 4. The molecular formula is C10H12F2N2O3S. The van der Waals surface area contributed by atoms with Crippen molar-refractivity contribution in [3.05, 3.63) is 29.3 Å². The molecule has 0 unspecified atom stereocenters. The number of amides is 1. The van der Waals surface area contributed by atoms with Crippen molar-refractivity contribution in [3.63, 3.8) is 0 Å². The van der Waals surface area contributed by atoms with Gasteiger partial charge < -0.3 is 5.32 Å². The van der Waals surface area contributed by atoms with Crippen LogP contribution in [0.4, 0.5) is 8.78 Å². The Hall–Kier alpha value is -1.54. The van der Waals surface area contributed by atoms with Gasteiger partial charge in [-0.25, -0.2) is 22.3 Å². The molecule has 0 spiro atoms.